The molecule has 0 saturated heterocycles. The van der Waals surface area contributed by atoms with Crippen LogP contribution in [0.5, 0.6) is 0 Å². The molecule has 8 heteroatoms. The van der Waals surface area contributed by atoms with Gasteiger partial charge in [0.15, 0.2) is 0 Å². The third kappa shape index (κ3) is 5.55. The van der Waals surface area contributed by atoms with E-state index in [1.165, 1.54) is 12.1 Å². The number of halogens is 1. The van der Waals surface area contributed by atoms with Gasteiger partial charge in [-0.15, -0.1) is 0 Å². The number of hydrogen-bond donors (Lipinski definition) is 3. The van der Waals surface area contributed by atoms with Crippen molar-refractivity contribution >= 4 is 28.5 Å². The lowest BCUT2D eigenvalue weighted by atomic mass is 10.1. The second-order valence-corrected chi connectivity index (χ2v) is 9.09. The smallest absolute Gasteiger partial charge is 0.255 e. The fraction of sp³-hybridized carbons (Fsp3) is 0.222. The average molecular weight is 475 g/mol. The Balaban J connectivity index is 1.49. The lowest BCUT2D eigenvalue weighted by molar-refractivity contribution is -0.122. The number of aryl methyl sites for hydroxylation is 1. The molecule has 0 unspecified atom stereocenters. The summed E-state index contributed by atoms with van der Waals surface area (Å²) in [4.78, 5) is 29.7. The third-order valence-electron chi connectivity index (χ3n) is 5.62. The fourth-order valence-corrected chi connectivity index (χ4v) is 3.81. The van der Waals surface area contributed by atoms with Crippen molar-refractivity contribution in [1.82, 2.24) is 14.9 Å². The van der Waals surface area contributed by atoms with Gasteiger partial charge in [-0.25, -0.2) is 9.37 Å². The van der Waals surface area contributed by atoms with E-state index in [9.17, 15) is 19.1 Å². The normalized spacial score (nSPS) is 11.5. The molecule has 3 N–H and O–H groups in total. The first-order valence-electron chi connectivity index (χ1n) is 11.2. The summed E-state index contributed by atoms with van der Waals surface area (Å²) in [6.07, 6.45) is 0.168. The highest BCUT2D eigenvalue weighted by Gasteiger charge is 2.19. The summed E-state index contributed by atoms with van der Waals surface area (Å²) in [7, 11) is 0. The van der Waals surface area contributed by atoms with Crippen molar-refractivity contribution in [3.8, 4) is 5.69 Å². The molecular formula is C27H27FN4O3. The van der Waals surface area contributed by atoms with Crippen LogP contribution in [0.4, 0.5) is 10.1 Å². The number of rotatable bonds is 7. The van der Waals surface area contributed by atoms with Crippen molar-refractivity contribution in [2.45, 2.75) is 32.7 Å². The predicted molar refractivity (Wildman–Crippen MR) is 133 cm³/mol. The maximum Gasteiger partial charge on any atom is 0.255 e. The lowest BCUT2D eigenvalue weighted by Gasteiger charge is -2.23. The predicted octanol–water partition coefficient (Wildman–Crippen LogP) is 4.15. The number of imidazole rings is 1. The summed E-state index contributed by atoms with van der Waals surface area (Å²) in [6, 6.07) is 18.4. The van der Waals surface area contributed by atoms with Crippen molar-refractivity contribution < 1.29 is 19.1 Å². The zero-order chi connectivity index (χ0) is 25.2. The molecule has 4 aromatic rings. The molecule has 35 heavy (non-hydrogen) atoms. The van der Waals surface area contributed by atoms with Gasteiger partial charge in [0.1, 0.15) is 11.6 Å². The summed E-state index contributed by atoms with van der Waals surface area (Å²) in [5, 5.41) is 14.9. The molecule has 0 saturated carbocycles. The Morgan fingerprint density at radius 2 is 1.71 bits per heavy atom. The van der Waals surface area contributed by atoms with E-state index in [2.05, 4.69) is 15.6 Å². The number of aliphatic hydroxyl groups is 1. The van der Waals surface area contributed by atoms with E-state index in [1.807, 2.05) is 11.5 Å². The quantitative estimate of drug-likeness (QED) is 0.375. The van der Waals surface area contributed by atoms with Crippen LogP contribution >= 0.6 is 0 Å². The molecular weight excluding hydrogens is 447 g/mol. The number of aromatic nitrogens is 2. The number of nitrogens with zero attached hydrogens (tertiary/aromatic N) is 2. The van der Waals surface area contributed by atoms with Crippen LogP contribution in [0.3, 0.4) is 0 Å². The summed E-state index contributed by atoms with van der Waals surface area (Å²) >= 11 is 0. The molecule has 7 nitrogen and oxygen atoms in total. The second kappa shape index (κ2) is 9.68. The van der Waals surface area contributed by atoms with Crippen LogP contribution < -0.4 is 10.6 Å². The molecule has 1 aromatic heterocycles. The maximum atomic E-state index is 13.4. The number of fused-ring (bicyclic) bond motifs is 1. The molecule has 4 rings (SSSR count). The minimum atomic E-state index is -0.684. The van der Waals surface area contributed by atoms with Gasteiger partial charge >= 0.3 is 0 Å². The van der Waals surface area contributed by atoms with E-state index >= 15 is 0 Å². The topological polar surface area (TPSA) is 96.2 Å². The average Bonchev–Trinajstić information content (AvgIpc) is 3.15. The molecule has 3 aromatic carbocycles. The largest absolute Gasteiger partial charge is 0.394 e. The monoisotopic (exact) mass is 474 g/mol. The van der Waals surface area contributed by atoms with Crippen LogP contribution in [-0.2, 0) is 11.2 Å². The minimum absolute atomic E-state index is 0.153. The number of carbonyl (C=O) groups is 2. The highest BCUT2D eigenvalue weighted by molar-refractivity contribution is 6.06. The van der Waals surface area contributed by atoms with Crippen LogP contribution in [0.1, 0.15) is 35.6 Å². The number of nitrogens with one attached hydrogen (secondary N) is 2. The van der Waals surface area contributed by atoms with Gasteiger partial charge in [0.25, 0.3) is 5.91 Å². The van der Waals surface area contributed by atoms with Crippen LogP contribution in [0.2, 0.25) is 0 Å². The molecule has 0 atom stereocenters. The van der Waals surface area contributed by atoms with Crippen LogP contribution in [0.15, 0.2) is 66.7 Å². The third-order valence-corrected chi connectivity index (χ3v) is 5.62. The summed E-state index contributed by atoms with van der Waals surface area (Å²) in [6.45, 7) is 5.19. The Kier molecular flexibility index (Phi) is 6.66. The van der Waals surface area contributed by atoms with E-state index in [-0.39, 0.29) is 30.7 Å². The van der Waals surface area contributed by atoms with Gasteiger partial charge in [0.2, 0.25) is 5.91 Å². The SMILES string of the molecule is Cc1nc2ccc(C(=O)Nc3ccc(CC(=O)NC(C)(C)CO)cc3)cc2n1-c1ccc(F)cc1. The number of benzene rings is 3. The first kappa shape index (κ1) is 24.1. The van der Waals surface area contributed by atoms with E-state index in [0.29, 0.717) is 11.3 Å². The molecule has 180 valence electrons. The molecule has 0 fully saturated rings. The van der Waals surface area contributed by atoms with Gasteiger partial charge in [0.05, 0.1) is 29.6 Å². The Labute approximate surface area is 202 Å². The van der Waals surface area contributed by atoms with E-state index in [1.54, 1.807) is 68.4 Å². The molecule has 1 heterocycles. The van der Waals surface area contributed by atoms with Gasteiger partial charge < -0.3 is 15.7 Å². The molecule has 0 bridgehead atoms. The Morgan fingerprint density at radius 1 is 1.03 bits per heavy atom. The number of amides is 2. The fourth-order valence-electron chi connectivity index (χ4n) is 3.81. The first-order valence-corrected chi connectivity index (χ1v) is 11.2. The Bertz CT molecular complexity index is 1380. The molecule has 0 aliphatic rings. The highest BCUT2D eigenvalue weighted by Crippen LogP contribution is 2.23. The molecule has 2 amide bonds. The van der Waals surface area contributed by atoms with Crippen LogP contribution in [0, 0.1) is 12.7 Å². The summed E-state index contributed by atoms with van der Waals surface area (Å²) in [5.41, 5.74) is 3.38. The minimum Gasteiger partial charge on any atom is -0.394 e. The van der Waals surface area contributed by atoms with Crippen LogP contribution in [0.25, 0.3) is 16.7 Å². The molecule has 0 aliphatic heterocycles. The zero-order valence-corrected chi connectivity index (χ0v) is 19.8. The van der Waals surface area contributed by atoms with Crippen LogP contribution in [-0.4, -0.2) is 38.6 Å². The number of aliphatic hydroxyl groups excluding tert-OH is 1. The van der Waals surface area contributed by atoms with E-state index in [0.717, 1.165) is 28.1 Å². The van der Waals surface area contributed by atoms with Crippen molar-refractivity contribution in [3.05, 3.63) is 89.5 Å². The lowest BCUT2D eigenvalue weighted by Crippen LogP contribution is -2.46. The van der Waals surface area contributed by atoms with Gasteiger partial charge in [0, 0.05) is 16.9 Å². The van der Waals surface area contributed by atoms with E-state index in [4.69, 9.17) is 0 Å². The van der Waals surface area contributed by atoms with Crippen molar-refractivity contribution in [2.75, 3.05) is 11.9 Å². The van der Waals surface area contributed by atoms with Crippen molar-refractivity contribution in [2.24, 2.45) is 0 Å². The summed E-state index contributed by atoms with van der Waals surface area (Å²) in [5.74, 6) is -0.0727. The number of hydrogen-bond acceptors (Lipinski definition) is 4. The number of anilines is 1. The number of carbonyl (C=O) groups excluding carboxylic acids is 2. The maximum absolute atomic E-state index is 13.4. The zero-order valence-electron chi connectivity index (χ0n) is 19.8. The van der Waals surface area contributed by atoms with E-state index < -0.39 is 5.54 Å². The van der Waals surface area contributed by atoms with Gasteiger partial charge in [-0.2, -0.15) is 0 Å². The standard InChI is InChI=1S/C27H27FN4O3/c1-17-29-23-13-6-19(15-24(23)32(17)22-11-7-20(28)8-12-22)26(35)30-21-9-4-18(5-10-21)14-25(34)31-27(2,3)16-33/h4-13,15,33H,14,16H2,1-3H3,(H,30,35)(H,31,34). The van der Waals surface area contributed by atoms with Gasteiger partial charge in [-0.1, -0.05) is 12.1 Å². The Morgan fingerprint density at radius 3 is 2.37 bits per heavy atom. The van der Waals surface area contributed by atoms with Crippen molar-refractivity contribution in [3.63, 3.8) is 0 Å². The summed E-state index contributed by atoms with van der Waals surface area (Å²) < 4.78 is 15.3. The Hall–Kier alpha value is -4.04. The highest BCUT2D eigenvalue weighted by atomic mass is 19.1. The molecule has 0 aliphatic carbocycles. The van der Waals surface area contributed by atoms with Crippen molar-refractivity contribution in [1.29, 1.82) is 0 Å². The first-order chi connectivity index (χ1) is 16.6. The van der Waals surface area contributed by atoms with Gasteiger partial charge in [-0.3, -0.25) is 14.2 Å². The second-order valence-electron chi connectivity index (χ2n) is 9.09. The molecule has 0 radical (unpaired) electrons. The molecule has 0 spiro atoms. The van der Waals surface area contributed by atoms with Gasteiger partial charge in [-0.05, 0) is 80.9 Å².